The molecule has 0 fully saturated rings. The van der Waals surface area contributed by atoms with Crippen molar-refractivity contribution in [2.24, 2.45) is 5.73 Å². The summed E-state index contributed by atoms with van der Waals surface area (Å²) in [5, 5.41) is 11.2. The van der Waals surface area contributed by atoms with E-state index >= 15 is 0 Å². The van der Waals surface area contributed by atoms with Gasteiger partial charge in [0.25, 0.3) is 0 Å². The molecule has 0 aliphatic rings. The molecule has 0 aliphatic heterocycles. The van der Waals surface area contributed by atoms with Crippen LogP contribution in [0.4, 0.5) is 4.39 Å². The molecule has 4 nitrogen and oxygen atoms in total. The lowest BCUT2D eigenvalue weighted by atomic mass is 10.2. The van der Waals surface area contributed by atoms with E-state index in [1.807, 2.05) is 0 Å². The number of carboxylic acid groups (broad SMARTS) is 1. The first-order chi connectivity index (χ1) is 8.56. The third-order valence-electron chi connectivity index (χ3n) is 2.39. The normalized spacial score (nSPS) is 12.3. The Morgan fingerprint density at radius 2 is 2.11 bits per heavy atom. The molecule has 2 aromatic rings. The van der Waals surface area contributed by atoms with Crippen molar-refractivity contribution in [1.29, 1.82) is 0 Å². The third kappa shape index (κ3) is 2.91. The summed E-state index contributed by atoms with van der Waals surface area (Å²) in [7, 11) is 0. The second-order valence-corrected chi connectivity index (χ2v) is 4.66. The highest BCUT2D eigenvalue weighted by Crippen LogP contribution is 2.24. The number of thiazole rings is 1. The second-order valence-electron chi connectivity index (χ2n) is 3.80. The Kier molecular flexibility index (Phi) is 3.69. The number of hydrogen-bond donors (Lipinski definition) is 2. The minimum atomic E-state index is -1.05. The van der Waals surface area contributed by atoms with E-state index in [9.17, 15) is 9.18 Å². The second kappa shape index (κ2) is 5.24. The van der Waals surface area contributed by atoms with Crippen LogP contribution in [-0.4, -0.2) is 22.1 Å². The van der Waals surface area contributed by atoms with Crippen molar-refractivity contribution in [1.82, 2.24) is 4.98 Å². The number of halogens is 1. The van der Waals surface area contributed by atoms with E-state index in [0.717, 1.165) is 10.6 Å². The standard InChI is InChI=1S/C12H11FN2O2S/c13-8-3-1-7(2-4-8)11-15-9(6-18-11)5-10(14)12(16)17/h1-4,6,10H,5,14H2,(H,16,17). The van der Waals surface area contributed by atoms with Gasteiger partial charge in [-0.05, 0) is 24.3 Å². The van der Waals surface area contributed by atoms with Crippen LogP contribution in [0.2, 0.25) is 0 Å². The zero-order valence-corrected chi connectivity index (χ0v) is 10.2. The molecule has 3 N–H and O–H groups in total. The van der Waals surface area contributed by atoms with Crippen molar-refractivity contribution in [2.75, 3.05) is 0 Å². The summed E-state index contributed by atoms with van der Waals surface area (Å²) in [6.45, 7) is 0. The van der Waals surface area contributed by atoms with Crippen LogP contribution in [0, 0.1) is 5.82 Å². The number of nitrogens with zero attached hydrogens (tertiary/aromatic N) is 1. The van der Waals surface area contributed by atoms with Crippen LogP contribution in [0.25, 0.3) is 10.6 Å². The first kappa shape index (κ1) is 12.7. The molecule has 1 atom stereocenters. The Bertz CT molecular complexity index is 553. The van der Waals surface area contributed by atoms with Crippen molar-refractivity contribution in [3.8, 4) is 10.6 Å². The monoisotopic (exact) mass is 266 g/mol. The van der Waals surface area contributed by atoms with Gasteiger partial charge in [-0.2, -0.15) is 0 Å². The van der Waals surface area contributed by atoms with Crippen molar-refractivity contribution >= 4 is 17.3 Å². The van der Waals surface area contributed by atoms with Gasteiger partial charge in [0.1, 0.15) is 16.9 Å². The van der Waals surface area contributed by atoms with Crippen LogP contribution in [-0.2, 0) is 11.2 Å². The van der Waals surface area contributed by atoms with Gasteiger partial charge in [-0.3, -0.25) is 4.79 Å². The van der Waals surface area contributed by atoms with Crippen LogP contribution < -0.4 is 5.73 Å². The summed E-state index contributed by atoms with van der Waals surface area (Å²) in [4.78, 5) is 14.9. The van der Waals surface area contributed by atoms with Crippen molar-refractivity contribution in [2.45, 2.75) is 12.5 Å². The molecule has 1 aromatic carbocycles. The maximum Gasteiger partial charge on any atom is 0.320 e. The molecule has 0 saturated heterocycles. The summed E-state index contributed by atoms with van der Waals surface area (Å²) in [6.07, 6.45) is 0.188. The molecule has 1 unspecified atom stereocenters. The van der Waals surface area contributed by atoms with Crippen LogP contribution in [0.5, 0.6) is 0 Å². The van der Waals surface area contributed by atoms with Crippen LogP contribution in [0.1, 0.15) is 5.69 Å². The fraction of sp³-hybridized carbons (Fsp3) is 0.167. The summed E-state index contributed by atoms with van der Waals surface area (Å²) < 4.78 is 12.8. The Hall–Kier alpha value is -1.79. The number of carboxylic acids is 1. The number of aliphatic carboxylic acids is 1. The number of nitrogens with two attached hydrogens (primary N) is 1. The van der Waals surface area contributed by atoms with Crippen LogP contribution in [0.3, 0.4) is 0 Å². The van der Waals surface area contributed by atoms with E-state index in [-0.39, 0.29) is 12.2 Å². The van der Waals surface area contributed by atoms with Gasteiger partial charge < -0.3 is 10.8 Å². The maximum absolute atomic E-state index is 12.8. The number of aromatic nitrogens is 1. The molecular formula is C12H11FN2O2S. The van der Waals surface area contributed by atoms with Crippen molar-refractivity contribution in [3.63, 3.8) is 0 Å². The van der Waals surface area contributed by atoms with E-state index in [2.05, 4.69) is 4.98 Å². The van der Waals surface area contributed by atoms with Gasteiger partial charge >= 0.3 is 5.97 Å². The van der Waals surface area contributed by atoms with E-state index < -0.39 is 12.0 Å². The van der Waals surface area contributed by atoms with Gasteiger partial charge in [0.2, 0.25) is 0 Å². The van der Waals surface area contributed by atoms with Gasteiger partial charge in [-0.15, -0.1) is 11.3 Å². The molecule has 2 rings (SSSR count). The molecule has 18 heavy (non-hydrogen) atoms. The van der Waals surface area contributed by atoms with Crippen LogP contribution >= 0.6 is 11.3 Å². The molecular weight excluding hydrogens is 255 g/mol. The lowest BCUT2D eigenvalue weighted by molar-refractivity contribution is -0.138. The van der Waals surface area contributed by atoms with Gasteiger partial charge in [0, 0.05) is 17.4 Å². The summed E-state index contributed by atoms with van der Waals surface area (Å²) in [6, 6.07) is 5.04. The minimum Gasteiger partial charge on any atom is -0.480 e. The van der Waals surface area contributed by atoms with E-state index in [4.69, 9.17) is 10.8 Å². The third-order valence-corrected chi connectivity index (χ3v) is 3.33. The predicted octanol–water partition coefficient (Wildman–Crippen LogP) is 1.90. The summed E-state index contributed by atoms with van der Waals surface area (Å²) in [5.74, 6) is -1.35. The SMILES string of the molecule is NC(Cc1csc(-c2ccc(F)cc2)n1)C(=O)O. The van der Waals surface area contributed by atoms with Gasteiger partial charge in [0.05, 0.1) is 5.69 Å². The fourth-order valence-corrected chi connectivity index (χ4v) is 2.28. The van der Waals surface area contributed by atoms with E-state index in [0.29, 0.717) is 5.69 Å². The molecule has 0 spiro atoms. The lowest BCUT2D eigenvalue weighted by Crippen LogP contribution is -2.32. The first-order valence-corrected chi connectivity index (χ1v) is 6.13. The lowest BCUT2D eigenvalue weighted by Gasteiger charge is -2.02. The van der Waals surface area contributed by atoms with Gasteiger partial charge in [0.15, 0.2) is 0 Å². The minimum absolute atomic E-state index is 0.188. The largest absolute Gasteiger partial charge is 0.480 e. The van der Waals surface area contributed by atoms with Crippen LogP contribution in [0.15, 0.2) is 29.6 Å². The molecule has 0 radical (unpaired) electrons. The number of benzene rings is 1. The predicted molar refractivity (Wildman–Crippen MR) is 66.8 cm³/mol. The number of carbonyl (C=O) groups is 1. The van der Waals surface area contributed by atoms with Crippen molar-refractivity contribution < 1.29 is 14.3 Å². The molecule has 0 aliphatic carbocycles. The zero-order valence-electron chi connectivity index (χ0n) is 9.34. The quantitative estimate of drug-likeness (QED) is 0.886. The highest BCUT2D eigenvalue weighted by atomic mass is 32.1. The Labute approximate surface area is 107 Å². The highest BCUT2D eigenvalue weighted by Gasteiger charge is 2.14. The molecule has 94 valence electrons. The zero-order chi connectivity index (χ0) is 13.1. The van der Waals surface area contributed by atoms with E-state index in [1.54, 1.807) is 17.5 Å². The maximum atomic E-state index is 12.8. The molecule has 6 heteroatoms. The summed E-state index contributed by atoms with van der Waals surface area (Å²) >= 11 is 1.38. The van der Waals surface area contributed by atoms with Gasteiger partial charge in [-0.1, -0.05) is 0 Å². The number of hydrogen-bond acceptors (Lipinski definition) is 4. The highest BCUT2D eigenvalue weighted by molar-refractivity contribution is 7.13. The van der Waals surface area contributed by atoms with Crippen molar-refractivity contribution in [3.05, 3.63) is 41.2 Å². The van der Waals surface area contributed by atoms with E-state index in [1.165, 1.54) is 23.5 Å². The summed E-state index contributed by atoms with van der Waals surface area (Å²) in [5.41, 5.74) is 6.87. The molecule has 1 aromatic heterocycles. The average Bonchev–Trinajstić information content (AvgIpc) is 2.78. The molecule has 0 saturated carbocycles. The molecule has 1 heterocycles. The average molecular weight is 266 g/mol. The first-order valence-electron chi connectivity index (χ1n) is 5.25. The van der Waals surface area contributed by atoms with Gasteiger partial charge in [-0.25, -0.2) is 9.37 Å². The number of rotatable bonds is 4. The smallest absolute Gasteiger partial charge is 0.320 e. The topological polar surface area (TPSA) is 76.2 Å². The fourth-order valence-electron chi connectivity index (χ4n) is 1.44. The Balaban J connectivity index is 2.15. The molecule has 0 bridgehead atoms. The molecule has 0 amide bonds. The Morgan fingerprint density at radius 1 is 1.44 bits per heavy atom. The Morgan fingerprint density at radius 3 is 2.72 bits per heavy atom.